The molecule has 0 aliphatic carbocycles. The van der Waals surface area contributed by atoms with Crippen LogP contribution in [-0.2, 0) is 6.18 Å². The molecule has 1 aromatic heterocycles. The number of amides is 1. The number of carbonyl (C=O) groups is 1. The van der Waals surface area contributed by atoms with Gasteiger partial charge in [-0.05, 0) is 43.3 Å². The maximum Gasteiger partial charge on any atom is 0.416 e. The number of anilines is 2. The molecule has 1 N–H and O–H groups in total. The lowest BCUT2D eigenvalue weighted by Gasteiger charge is -2.15. The summed E-state index contributed by atoms with van der Waals surface area (Å²) >= 11 is 6.22. The highest BCUT2D eigenvalue weighted by Gasteiger charge is 2.30. The van der Waals surface area contributed by atoms with E-state index < -0.39 is 17.6 Å². The van der Waals surface area contributed by atoms with Crippen molar-refractivity contribution in [2.75, 3.05) is 24.3 Å². The predicted octanol–water partition coefficient (Wildman–Crippen LogP) is 5.17. The minimum Gasteiger partial charge on any atom is -0.376 e. The number of nitrogens with one attached hydrogen (secondary N) is 1. The zero-order valence-electron chi connectivity index (χ0n) is 15.9. The number of rotatable bonds is 4. The summed E-state index contributed by atoms with van der Waals surface area (Å²) in [5, 5.41) is 7.29. The molecule has 0 bridgehead atoms. The fourth-order valence-electron chi connectivity index (χ4n) is 2.85. The Morgan fingerprint density at radius 3 is 2.52 bits per heavy atom. The van der Waals surface area contributed by atoms with Crippen molar-refractivity contribution in [3.05, 3.63) is 70.5 Å². The van der Waals surface area contributed by atoms with Crippen molar-refractivity contribution in [3.63, 3.8) is 0 Å². The van der Waals surface area contributed by atoms with Gasteiger partial charge in [-0.2, -0.15) is 18.3 Å². The summed E-state index contributed by atoms with van der Waals surface area (Å²) in [6, 6.07) is 9.88. The van der Waals surface area contributed by atoms with Gasteiger partial charge in [-0.1, -0.05) is 17.7 Å². The zero-order valence-corrected chi connectivity index (χ0v) is 16.6. The van der Waals surface area contributed by atoms with Gasteiger partial charge >= 0.3 is 6.18 Å². The SMILES string of the molecule is Cc1c(C(=O)Nc2ccc(N(C)C)c(Cl)c2)cnn1-c1cccc(C(F)(F)F)c1. The molecule has 0 aliphatic rings. The number of hydrogen-bond acceptors (Lipinski definition) is 3. The molecular weight excluding hydrogens is 405 g/mol. The average Bonchev–Trinajstić information content (AvgIpc) is 3.02. The van der Waals surface area contributed by atoms with Gasteiger partial charge in [-0.3, -0.25) is 4.79 Å². The van der Waals surface area contributed by atoms with Gasteiger partial charge in [0.25, 0.3) is 5.91 Å². The van der Waals surface area contributed by atoms with E-state index in [1.807, 2.05) is 19.0 Å². The molecule has 0 saturated heterocycles. The Morgan fingerprint density at radius 2 is 1.90 bits per heavy atom. The number of carbonyl (C=O) groups excluding carboxylic acids is 1. The second kappa shape index (κ2) is 7.79. The minimum atomic E-state index is -4.46. The first-order valence-electron chi connectivity index (χ1n) is 8.58. The van der Waals surface area contributed by atoms with Gasteiger partial charge in [-0.15, -0.1) is 0 Å². The molecule has 152 valence electrons. The number of halogens is 4. The Balaban J connectivity index is 1.86. The van der Waals surface area contributed by atoms with Crippen LogP contribution in [0.4, 0.5) is 24.5 Å². The van der Waals surface area contributed by atoms with Gasteiger partial charge < -0.3 is 10.2 Å². The van der Waals surface area contributed by atoms with Crippen molar-refractivity contribution < 1.29 is 18.0 Å². The molecular formula is C20H18ClF3N4O. The average molecular weight is 423 g/mol. The van der Waals surface area contributed by atoms with Crippen molar-refractivity contribution in [1.29, 1.82) is 0 Å². The molecule has 0 radical (unpaired) electrons. The summed E-state index contributed by atoms with van der Waals surface area (Å²) in [4.78, 5) is 14.5. The van der Waals surface area contributed by atoms with Crippen LogP contribution in [0.5, 0.6) is 0 Å². The predicted molar refractivity (Wildman–Crippen MR) is 107 cm³/mol. The number of benzene rings is 2. The van der Waals surface area contributed by atoms with Crippen LogP contribution in [0.15, 0.2) is 48.7 Å². The summed E-state index contributed by atoms with van der Waals surface area (Å²) in [6.07, 6.45) is -3.14. The monoisotopic (exact) mass is 422 g/mol. The Bertz CT molecular complexity index is 1060. The van der Waals surface area contributed by atoms with E-state index in [0.717, 1.165) is 17.8 Å². The second-order valence-electron chi connectivity index (χ2n) is 6.62. The summed E-state index contributed by atoms with van der Waals surface area (Å²) in [5.41, 5.74) is 1.39. The topological polar surface area (TPSA) is 50.2 Å². The highest BCUT2D eigenvalue weighted by atomic mass is 35.5. The highest BCUT2D eigenvalue weighted by molar-refractivity contribution is 6.33. The van der Waals surface area contributed by atoms with Crippen molar-refractivity contribution in [2.45, 2.75) is 13.1 Å². The largest absolute Gasteiger partial charge is 0.416 e. The summed E-state index contributed by atoms with van der Waals surface area (Å²) in [7, 11) is 3.70. The number of alkyl halides is 3. The first-order valence-corrected chi connectivity index (χ1v) is 8.96. The van der Waals surface area contributed by atoms with Crippen LogP contribution >= 0.6 is 11.6 Å². The Hall–Kier alpha value is -3.00. The number of aromatic nitrogens is 2. The van der Waals surface area contributed by atoms with Crippen molar-refractivity contribution in [3.8, 4) is 5.69 Å². The zero-order chi connectivity index (χ0) is 21.3. The van der Waals surface area contributed by atoms with E-state index in [4.69, 9.17) is 11.6 Å². The first kappa shape index (κ1) is 20.7. The van der Waals surface area contributed by atoms with Crippen LogP contribution < -0.4 is 10.2 Å². The van der Waals surface area contributed by atoms with Crippen molar-refractivity contribution >= 4 is 28.9 Å². The molecule has 9 heteroatoms. The quantitative estimate of drug-likeness (QED) is 0.631. The van der Waals surface area contributed by atoms with Gasteiger partial charge in [-0.25, -0.2) is 4.68 Å². The number of hydrogen-bond donors (Lipinski definition) is 1. The van der Waals surface area contributed by atoms with E-state index in [1.165, 1.54) is 23.0 Å². The van der Waals surface area contributed by atoms with Crippen LogP contribution in [0.3, 0.4) is 0 Å². The Kier molecular flexibility index (Phi) is 5.57. The summed E-state index contributed by atoms with van der Waals surface area (Å²) in [5.74, 6) is -0.436. The van der Waals surface area contributed by atoms with E-state index >= 15 is 0 Å². The lowest BCUT2D eigenvalue weighted by Crippen LogP contribution is -2.14. The maximum absolute atomic E-state index is 13.0. The minimum absolute atomic E-state index is 0.217. The standard InChI is InChI=1S/C20H18ClF3N4O/c1-12-16(19(29)26-14-7-8-18(27(2)3)17(21)10-14)11-25-28(12)15-6-4-5-13(9-15)20(22,23)24/h4-11H,1-3H3,(H,26,29). The smallest absolute Gasteiger partial charge is 0.376 e. The molecule has 1 amide bonds. The lowest BCUT2D eigenvalue weighted by molar-refractivity contribution is -0.137. The molecule has 1 heterocycles. The molecule has 29 heavy (non-hydrogen) atoms. The van der Waals surface area contributed by atoms with Gasteiger partial charge in [0, 0.05) is 19.8 Å². The van der Waals surface area contributed by atoms with Gasteiger partial charge in [0.1, 0.15) is 0 Å². The molecule has 0 aliphatic heterocycles. The van der Waals surface area contributed by atoms with Crippen LogP contribution in [-0.4, -0.2) is 29.8 Å². The fraction of sp³-hybridized carbons (Fsp3) is 0.200. The number of nitrogens with zero attached hydrogens (tertiary/aromatic N) is 3. The normalized spacial score (nSPS) is 11.4. The summed E-state index contributed by atoms with van der Waals surface area (Å²) < 4.78 is 40.2. The Morgan fingerprint density at radius 1 is 1.17 bits per heavy atom. The Labute approximate surface area is 170 Å². The fourth-order valence-corrected chi connectivity index (χ4v) is 3.20. The molecule has 0 unspecified atom stereocenters. The van der Waals surface area contributed by atoms with E-state index in [1.54, 1.807) is 25.1 Å². The van der Waals surface area contributed by atoms with E-state index in [2.05, 4.69) is 10.4 Å². The highest BCUT2D eigenvalue weighted by Crippen LogP contribution is 2.31. The molecule has 0 fully saturated rings. The van der Waals surface area contributed by atoms with E-state index in [-0.39, 0.29) is 11.3 Å². The van der Waals surface area contributed by atoms with Gasteiger partial charge in [0.15, 0.2) is 0 Å². The van der Waals surface area contributed by atoms with E-state index in [9.17, 15) is 18.0 Å². The molecule has 3 aromatic rings. The maximum atomic E-state index is 13.0. The van der Waals surface area contributed by atoms with Crippen LogP contribution in [0.2, 0.25) is 5.02 Å². The third-order valence-corrected chi connectivity index (χ3v) is 4.66. The second-order valence-corrected chi connectivity index (χ2v) is 7.03. The molecule has 3 rings (SSSR count). The van der Waals surface area contributed by atoms with Crippen LogP contribution in [0.1, 0.15) is 21.6 Å². The third-order valence-electron chi connectivity index (χ3n) is 4.36. The lowest BCUT2D eigenvalue weighted by atomic mass is 10.2. The molecule has 0 atom stereocenters. The molecule has 0 spiro atoms. The van der Waals surface area contributed by atoms with Gasteiger partial charge in [0.05, 0.1) is 39.4 Å². The van der Waals surface area contributed by atoms with E-state index in [0.29, 0.717) is 16.4 Å². The van der Waals surface area contributed by atoms with Crippen molar-refractivity contribution in [1.82, 2.24) is 9.78 Å². The molecule has 0 saturated carbocycles. The first-order chi connectivity index (χ1) is 13.6. The van der Waals surface area contributed by atoms with Gasteiger partial charge in [0.2, 0.25) is 0 Å². The molecule has 5 nitrogen and oxygen atoms in total. The van der Waals surface area contributed by atoms with Crippen LogP contribution in [0, 0.1) is 6.92 Å². The van der Waals surface area contributed by atoms with Crippen molar-refractivity contribution in [2.24, 2.45) is 0 Å². The summed E-state index contributed by atoms with van der Waals surface area (Å²) in [6.45, 7) is 1.62. The molecule has 2 aromatic carbocycles. The third kappa shape index (κ3) is 4.37. The van der Waals surface area contributed by atoms with Crippen LogP contribution in [0.25, 0.3) is 5.69 Å².